The number of ether oxygens (including phenoxy) is 1. The first-order chi connectivity index (χ1) is 11.8. The highest BCUT2D eigenvalue weighted by atomic mass is 19.1. The number of nitrogens with one attached hydrogen (secondary N) is 1. The van der Waals surface area contributed by atoms with Crippen LogP contribution in [-0.2, 0) is 9.53 Å². The molecule has 0 unspecified atom stereocenters. The number of rotatable bonds is 5. The number of non-ortho nitro benzene ring substituents is 1. The molecule has 0 heterocycles. The maximum Gasteiger partial charge on any atom is 0.338 e. The molecule has 0 aliphatic rings. The number of halogens is 1. The standard InChI is InChI=1S/C17H15FN2O5/c1-10-3-5-12(7-14(10)18)17(22)25-9-16(21)19-15-8-13(20(23)24)6-4-11(15)2/h3-8H,9H2,1-2H3,(H,19,21). The van der Waals surface area contributed by atoms with Crippen molar-refractivity contribution >= 4 is 23.3 Å². The van der Waals surface area contributed by atoms with Crippen molar-refractivity contribution in [3.63, 3.8) is 0 Å². The lowest BCUT2D eigenvalue weighted by molar-refractivity contribution is -0.384. The Labute approximate surface area is 142 Å². The Morgan fingerprint density at radius 1 is 1.16 bits per heavy atom. The molecule has 0 radical (unpaired) electrons. The molecule has 0 aliphatic carbocycles. The van der Waals surface area contributed by atoms with Crippen molar-refractivity contribution < 1.29 is 23.6 Å². The highest BCUT2D eigenvalue weighted by Gasteiger charge is 2.14. The predicted octanol–water partition coefficient (Wildman–Crippen LogP) is 3.15. The van der Waals surface area contributed by atoms with Gasteiger partial charge in [-0.3, -0.25) is 14.9 Å². The van der Waals surface area contributed by atoms with Crippen molar-refractivity contribution in [1.29, 1.82) is 0 Å². The smallest absolute Gasteiger partial charge is 0.338 e. The van der Waals surface area contributed by atoms with Crippen LogP contribution in [0.5, 0.6) is 0 Å². The lowest BCUT2D eigenvalue weighted by Crippen LogP contribution is -2.21. The minimum Gasteiger partial charge on any atom is -0.452 e. The number of hydrogen-bond acceptors (Lipinski definition) is 5. The normalized spacial score (nSPS) is 10.2. The van der Waals surface area contributed by atoms with E-state index in [-0.39, 0.29) is 16.9 Å². The fourth-order valence-electron chi connectivity index (χ4n) is 1.98. The van der Waals surface area contributed by atoms with E-state index in [4.69, 9.17) is 4.74 Å². The second-order valence-electron chi connectivity index (χ2n) is 5.34. The maximum atomic E-state index is 13.4. The number of carbonyl (C=O) groups excluding carboxylic acids is 2. The number of nitrogens with zero attached hydrogens (tertiary/aromatic N) is 1. The third kappa shape index (κ3) is 4.60. The number of carbonyl (C=O) groups is 2. The van der Waals surface area contributed by atoms with Gasteiger partial charge in [-0.1, -0.05) is 12.1 Å². The topological polar surface area (TPSA) is 98.5 Å². The molecule has 25 heavy (non-hydrogen) atoms. The Hall–Kier alpha value is -3.29. The molecule has 130 valence electrons. The molecule has 0 fully saturated rings. The highest BCUT2D eigenvalue weighted by Crippen LogP contribution is 2.21. The second-order valence-corrected chi connectivity index (χ2v) is 5.34. The molecule has 7 nitrogen and oxygen atoms in total. The van der Waals surface area contributed by atoms with E-state index in [0.29, 0.717) is 11.1 Å². The van der Waals surface area contributed by atoms with Crippen molar-refractivity contribution in [3.8, 4) is 0 Å². The summed E-state index contributed by atoms with van der Waals surface area (Å²) in [6.45, 7) is 2.62. The van der Waals surface area contributed by atoms with Crippen LogP contribution in [0.4, 0.5) is 15.8 Å². The molecular formula is C17H15FN2O5. The first kappa shape index (κ1) is 18.1. The molecule has 0 aromatic heterocycles. The van der Waals surface area contributed by atoms with E-state index >= 15 is 0 Å². The minimum absolute atomic E-state index is 0.0116. The summed E-state index contributed by atoms with van der Waals surface area (Å²) in [5, 5.41) is 13.2. The summed E-state index contributed by atoms with van der Waals surface area (Å²) < 4.78 is 18.3. The van der Waals surface area contributed by atoms with Gasteiger partial charge in [0.1, 0.15) is 5.82 Å². The summed E-state index contributed by atoms with van der Waals surface area (Å²) in [5.41, 5.74) is 1.06. The van der Waals surface area contributed by atoms with Crippen LogP contribution in [0.3, 0.4) is 0 Å². The molecule has 0 saturated heterocycles. The Balaban J connectivity index is 1.98. The fraction of sp³-hybridized carbons (Fsp3) is 0.176. The van der Waals surface area contributed by atoms with Crippen LogP contribution in [0.2, 0.25) is 0 Å². The Bertz CT molecular complexity index is 851. The molecule has 0 spiro atoms. The van der Waals surface area contributed by atoms with E-state index < -0.39 is 29.2 Å². The summed E-state index contributed by atoms with van der Waals surface area (Å²) >= 11 is 0. The average Bonchev–Trinajstić information content (AvgIpc) is 2.57. The average molecular weight is 346 g/mol. The van der Waals surface area contributed by atoms with E-state index in [9.17, 15) is 24.1 Å². The Morgan fingerprint density at radius 3 is 2.48 bits per heavy atom. The van der Waals surface area contributed by atoms with Crippen molar-refractivity contribution in [2.24, 2.45) is 0 Å². The number of nitro groups is 1. The van der Waals surface area contributed by atoms with Gasteiger partial charge in [0, 0.05) is 12.1 Å². The van der Waals surface area contributed by atoms with E-state index in [1.807, 2.05) is 0 Å². The van der Waals surface area contributed by atoms with Gasteiger partial charge in [0.2, 0.25) is 0 Å². The molecule has 2 aromatic carbocycles. The molecule has 0 aliphatic heterocycles. The first-order valence-corrected chi connectivity index (χ1v) is 7.26. The van der Waals surface area contributed by atoms with Gasteiger partial charge in [-0.15, -0.1) is 0 Å². The lowest BCUT2D eigenvalue weighted by Gasteiger charge is -2.09. The minimum atomic E-state index is -0.843. The number of anilines is 1. The van der Waals surface area contributed by atoms with Crippen LogP contribution in [0.1, 0.15) is 21.5 Å². The number of aryl methyl sites for hydroxylation is 2. The Morgan fingerprint density at radius 2 is 1.84 bits per heavy atom. The summed E-state index contributed by atoms with van der Waals surface area (Å²) in [6, 6.07) is 7.87. The van der Waals surface area contributed by atoms with Crippen LogP contribution in [0, 0.1) is 29.8 Å². The zero-order valence-electron chi connectivity index (χ0n) is 13.5. The van der Waals surface area contributed by atoms with Gasteiger partial charge in [0.15, 0.2) is 6.61 Å². The summed E-state index contributed by atoms with van der Waals surface area (Å²) in [6.07, 6.45) is 0. The third-order valence-electron chi connectivity index (χ3n) is 3.45. The summed E-state index contributed by atoms with van der Waals surface area (Å²) in [7, 11) is 0. The first-order valence-electron chi connectivity index (χ1n) is 7.26. The van der Waals surface area contributed by atoms with Crippen molar-refractivity contribution in [1.82, 2.24) is 0 Å². The zero-order valence-corrected chi connectivity index (χ0v) is 13.5. The molecule has 1 amide bonds. The Kier molecular flexibility index (Phi) is 5.43. The lowest BCUT2D eigenvalue weighted by atomic mass is 10.1. The quantitative estimate of drug-likeness (QED) is 0.509. The van der Waals surface area contributed by atoms with Gasteiger partial charge >= 0.3 is 5.97 Å². The van der Waals surface area contributed by atoms with E-state index in [1.165, 1.54) is 30.3 Å². The summed E-state index contributed by atoms with van der Waals surface area (Å²) in [5.74, 6) is -2.06. The number of esters is 1. The number of nitro benzene ring substituents is 1. The van der Waals surface area contributed by atoms with Crippen molar-refractivity contribution in [2.75, 3.05) is 11.9 Å². The van der Waals surface area contributed by atoms with Gasteiger partial charge < -0.3 is 10.1 Å². The zero-order chi connectivity index (χ0) is 18.6. The van der Waals surface area contributed by atoms with Crippen LogP contribution < -0.4 is 5.32 Å². The van der Waals surface area contributed by atoms with Crippen molar-refractivity contribution in [3.05, 3.63) is 69.0 Å². The SMILES string of the molecule is Cc1ccc(C(=O)OCC(=O)Nc2cc([N+](=O)[O-])ccc2C)cc1F. The molecule has 1 N–H and O–H groups in total. The van der Waals surface area contributed by atoms with Crippen LogP contribution in [0.15, 0.2) is 36.4 Å². The van der Waals surface area contributed by atoms with Crippen LogP contribution in [-0.4, -0.2) is 23.4 Å². The van der Waals surface area contributed by atoms with Crippen LogP contribution >= 0.6 is 0 Å². The second kappa shape index (κ2) is 7.52. The largest absolute Gasteiger partial charge is 0.452 e. The monoisotopic (exact) mass is 346 g/mol. The number of amides is 1. The van der Waals surface area contributed by atoms with Gasteiger partial charge in [0.05, 0.1) is 16.2 Å². The van der Waals surface area contributed by atoms with E-state index in [2.05, 4.69) is 5.32 Å². The molecule has 2 aromatic rings. The highest BCUT2D eigenvalue weighted by molar-refractivity contribution is 5.96. The molecule has 2 rings (SSSR count). The third-order valence-corrected chi connectivity index (χ3v) is 3.45. The molecule has 0 bridgehead atoms. The van der Waals surface area contributed by atoms with Gasteiger partial charge in [-0.25, -0.2) is 9.18 Å². The maximum absolute atomic E-state index is 13.4. The molecular weight excluding hydrogens is 331 g/mol. The van der Waals surface area contributed by atoms with E-state index in [0.717, 1.165) is 6.07 Å². The van der Waals surface area contributed by atoms with Gasteiger partial charge in [-0.2, -0.15) is 0 Å². The van der Waals surface area contributed by atoms with Gasteiger partial charge in [0.25, 0.3) is 11.6 Å². The molecule has 0 atom stereocenters. The summed E-state index contributed by atoms with van der Waals surface area (Å²) in [4.78, 5) is 33.9. The molecule has 8 heteroatoms. The van der Waals surface area contributed by atoms with E-state index in [1.54, 1.807) is 13.8 Å². The number of hydrogen-bond donors (Lipinski definition) is 1. The molecule has 0 saturated carbocycles. The van der Waals surface area contributed by atoms with Gasteiger partial charge in [-0.05, 0) is 37.1 Å². The predicted molar refractivity (Wildman–Crippen MR) is 87.9 cm³/mol. The fourth-order valence-corrected chi connectivity index (χ4v) is 1.98. The van der Waals surface area contributed by atoms with Crippen LogP contribution in [0.25, 0.3) is 0 Å². The van der Waals surface area contributed by atoms with Crippen molar-refractivity contribution in [2.45, 2.75) is 13.8 Å². The number of benzene rings is 2.